The number of pyridine rings is 2. The van der Waals surface area contributed by atoms with Crippen LogP contribution in [0.4, 0.5) is 18.9 Å². The number of amides is 1. The molecule has 0 spiro atoms. The van der Waals surface area contributed by atoms with Gasteiger partial charge in [0.1, 0.15) is 23.4 Å². The summed E-state index contributed by atoms with van der Waals surface area (Å²) in [6, 6.07) is 15.1. The summed E-state index contributed by atoms with van der Waals surface area (Å²) in [6.45, 7) is 9.22. The zero-order valence-corrected chi connectivity index (χ0v) is 33.8. The van der Waals surface area contributed by atoms with Gasteiger partial charge in [0.2, 0.25) is 6.43 Å². The van der Waals surface area contributed by atoms with Crippen LogP contribution >= 0.6 is 0 Å². The lowest BCUT2D eigenvalue weighted by molar-refractivity contribution is -0.136. The Kier molecular flexibility index (Phi) is 13.6. The normalized spacial score (nSPS) is 13.7. The molecule has 1 N–H and O–H groups in total. The number of anilines is 1. The number of hydrogen-bond donors (Lipinski definition) is 1. The maximum atomic E-state index is 15.8. The van der Waals surface area contributed by atoms with Crippen molar-refractivity contribution in [1.29, 1.82) is 0 Å². The lowest BCUT2D eigenvalue weighted by Crippen LogP contribution is -2.45. The second-order valence-electron chi connectivity index (χ2n) is 13.8. The minimum atomic E-state index is -2.17. The van der Waals surface area contributed by atoms with Crippen molar-refractivity contribution in [3.8, 4) is 17.2 Å². The number of alkyl halides is 2. The number of rotatable bonds is 8. The zero-order valence-electron chi connectivity index (χ0n) is 33.8. The number of esters is 1. The van der Waals surface area contributed by atoms with Crippen molar-refractivity contribution in [3.63, 3.8) is 0 Å². The number of nitrogens with zero attached hydrogens (tertiary/aromatic N) is 5. The van der Waals surface area contributed by atoms with Gasteiger partial charge in [-0.15, -0.1) is 0 Å². The molecule has 2 aliphatic heterocycles. The number of nitrogens with one attached hydrogen (secondary N) is 1. The van der Waals surface area contributed by atoms with E-state index >= 15 is 4.39 Å². The Labute approximate surface area is 343 Å². The van der Waals surface area contributed by atoms with Crippen LogP contribution < -0.4 is 30.9 Å². The second-order valence-corrected chi connectivity index (χ2v) is 13.8. The molecule has 1 atom stereocenters. The van der Waals surface area contributed by atoms with E-state index in [2.05, 4.69) is 15.3 Å². The molecule has 6 aromatic rings. The summed E-state index contributed by atoms with van der Waals surface area (Å²) in [5.41, 5.74) is 2.09. The second kappa shape index (κ2) is 19.0. The molecule has 3 aromatic heterocycles. The van der Waals surface area contributed by atoms with E-state index in [1.165, 1.54) is 29.2 Å². The summed E-state index contributed by atoms with van der Waals surface area (Å²) in [5, 5.41) is 3.57. The molecule has 2 aliphatic rings. The van der Waals surface area contributed by atoms with Gasteiger partial charge >= 0.3 is 11.7 Å². The highest BCUT2D eigenvalue weighted by molar-refractivity contribution is 5.99. The molecule has 1 amide bonds. The fourth-order valence-corrected chi connectivity index (χ4v) is 7.16. The van der Waals surface area contributed by atoms with Gasteiger partial charge in [0.15, 0.2) is 0 Å². The number of carbonyl (C=O) groups excluding carboxylic acids is 2. The van der Waals surface area contributed by atoms with Crippen LogP contribution in [0.5, 0.6) is 11.5 Å². The molecule has 60 heavy (non-hydrogen) atoms. The first-order chi connectivity index (χ1) is 28.9. The molecule has 314 valence electrons. The molecule has 5 heterocycles. The largest absolute Gasteiger partial charge is 0.493 e. The first-order valence-corrected chi connectivity index (χ1v) is 19.5. The van der Waals surface area contributed by atoms with Crippen LogP contribution in [-0.2, 0) is 29.4 Å². The van der Waals surface area contributed by atoms with E-state index in [9.17, 15) is 28.0 Å². The Balaban J connectivity index is 0.000000951. The van der Waals surface area contributed by atoms with Crippen LogP contribution in [0.2, 0.25) is 0 Å². The summed E-state index contributed by atoms with van der Waals surface area (Å²) in [5.74, 6) is -1.31. The van der Waals surface area contributed by atoms with Crippen LogP contribution in [0.3, 0.4) is 0 Å². The minimum Gasteiger partial charge on any atom is -0.493 e. The van der Waals surface area contributed by atoms with E-state index in [4.69, 9.17) is 14.2 Å². The van der Waals surface area contributed by atoms with Gasteiger partial charge < -0.3 is 24.4 Å². The monoisotopic (exact) mass is 826 g/mol. The quantitative estimate of drug-likeness (QED) is 0.141. The third-order valence-corrected chi connectivity index (χ3v) is 9.92. The van der Waals surface area contributed by atoms with Gasteiger partial charge in [-0.3, -0.25) is 24.1 Å². The smallest absolute Gasteiger partial charge is 0.335 e. The number of hydrogen-bond acceptors (Lipinski definition) is 10. The standard InChI is InChI=1S/C40H35FN6O7.C2H4F2.C2H6/c1-23-18-26(46-13-16-52-17-14-46)21-30(41)35(23)37(48)44-31(39(50)54-27-6-8-34-25(19-27)10-15-53-34)20-24-5-7-32(36-28(24)4-3-11-43-36)47-38(49)29-9-12-42-22-33(29)45(2)40(47)51;1-2(3)4;1-2/h3-9,11-12,18-19,21-22,31H,10,13-17,20H2,1-2H3,(H,44,48);2H,1H3;1-2H3. The summed E-state index contributed by atoms with van der Waals surface area (Å²) >= 11 is 0. The topological polar surface area (TPSA) is 147 Å². The SMILES string of the molecule is CC.CC(F)F.Cc1cc(N2CCOCC2)cc(F)c1C(=O)NC(Cc1ccc(-n2c(=O)c3ccncc3n(C)c2=O)c2ncccc12)C(=O)Oc1ccc2c(c1)CCO2. The average Bonchev–Trinajstić information content (AvgIpc) is 3.72. The van der Waals surface area contributed by atoms with Crippen LogP contribution in [0, 0.1) is 12.7 Å². The molecule has 0 bridgehead atoms. The van der Waals surface area contributed by atoms with Crippen molar-refractivity contribution < 1.29 is 37.0 Å². The van der Waals surface area contributed by atoms with Crippen molar-refractivity contribution in [2.24, 2.45) is 7.05 Å². The highest BCUT2D eigenvalue weighted by Gasteiger charge is 2.29. The molecule has 1 fully saturated rings. The minimum absolute atomic E-state index is 0.0933. The van der Waals surface area contributed by atoms with E-state index < -0.39 is 41.4 Å². The van der Waals surface area contributed by atoms with Crippen molar-refractivity contribution in [1.82, 2.24) is 24.4 Å². The Morgan fingerprint density at radius 1 is 0.967 bits per heavy atom. The van der Waals surface area contributed by atoms with E-state index in [1.807, 2.05) is 18.7 Å². The first kappa shape index (κ1) is 43.0. The van der Waals surface area contributed by atoms with Crippen molar-refractivity contribution >= 4 is 39.4 Å². The molecule has 8 rings (SSSR count). The van der Waals surface area contributed by atoms with Crippen LogP contribution in [0.1, 0.15) is 47.8 Å². The maximum absolute atomic E-state index is 15.8. The number of aromatic nitrogens is 4. The number of benzene rings is 3. The van der Waals surface area contributed by atoms with Crippen LogP contribution in [0.15, 0.2) is 88.8 Å². The lowest BCUT2D eigenvalue weighted by atomic mass is 9.99. The fourth-order valence-electron chi connectivity index (χ4n) is 7.16. The third-order valence-electron chi connectivity index (χ3n) is 9.92. The highest BCUT2D eigenvalue weighted by atomic mass is 19.3. The Morgan fingerprint density at radius 3 is 2.45 bits per heavy atom. The van der Waals surface area contributed by atoms with Gasteiger partial charge in [0, 0.05) is 62.0 Å². The maximum Gasteiger partial charge on any atom is 0.335 e. The number of morpholine rings is 1. The van der Waals surface area contributed by atoms with Crippen LogP contribution in [-0.4, -0.2) is 76.4 Å². The molecular formula is C44H45F3N6O7. The number of ether oxygens (including phenoxy) is 3. The molecule has 1 unspecified atom stereocenters. The number of fused-ring (bicyclic) bond motifs is 3. The molecule has 0 radical (unpaired) electrons. The zero-order chi connectivity index (χ0) is 43.1. The van der Waals surface area contributed by atoms with E-state index in [0.717, 1.165) is 17.1 Å². The summed E-state index contributed by atoms with van der Waals surface area (Å²) in [7, 11) is 1.56. The van der Waals surface area contributed by atoms with Gasteiger partial charge in [0.05, 0.1) is 53.7 Å². The average molecular weight is 827 g/mol. The molecule has 0 aliphatic carbocycles. The van der Waals surface area contributed by atoms with Crippen molar-refractivity contribution in [2.45, 2.75) is 53.0 Å². The van der Waals surface area contributed by atoms with E-state index in [0.29, 0.717) is 83.7 Å². The molecule has 13 nitrogen and oxygen atoms in total. The number of halogens is 3. The lowest BCUT2D eigenvalue weighted by Gasteiger charge is -2.29. The summed E-state index contributed by atoms with van der Waals surface area (Å²) in [6.07, 6.45) is 2.87. The van der Waals surface area contributed by atoms with Crippen LogP contribution in [0.25, 0.3) is 27.5 Å². The predicted molar refractivity (Wildman–Crippen MR) is 221 cm³/mol. The first-order valence-electron chi connectivity index (χ1n) is 19.5. The fraction of sp³-hybridized carbons (Fsp3) is 0.318. The van der Waals surface area contributed by atoms with E-state index in [-0.39, 0.29) is 23.4 Å². The van der Waals surface area contributed by atoms with Gasteiger partial charge in [0.25, 0.3) is 11.5 Å². The molecule has 1 saturated heterocycles. The molecule has 0 saturated carbocycles. The highest BCUT2D eigenvalue weighted by Crippen LogP contribution is 2.30. The third kappa shape index (κ3) is 9.18. The predicted octanol–water partition coefficient (Wildman–Crippen LogP) is 6.10. The number of carbonyl (C=O) groups is 2. The summed E-state index contributed by atoms with van der Waals surface area (Å²) < 4.78 is 55.7. The van der Waals surface area contributed by atoms with Gasteiger partial charge in [-0.25, -0.2) is 27.3 Å². The Hall–Kier alpha value is -6.55. The number of aryl methyl sites for hydroxylation is 2. The molecule has 3 aromatic carbocycles. The van der Waals surface area contributed by atoms with Gasteiger partial charge in [-0.2, -0.15) is 0 Å². The molecular weight excluding hydrogens is 782 g/mol. The van der Waals surface area contributed by atoms with Crippen molar-refractivity contribution in [3.05, 3.63) is 128 Å². The Bertz CT molecular complexity index is 2640. The molecule has 16 heteroatoms. The van der Waals surface area contributed by atoms with E-state index in [1.54, 1.807) is 68.6 Å². The van der Waals surface area contributed by atoms with Crippen molar-refractivity contribution in [2.75, 3.05) is 37.8 Å². The summed E-state index contributed by atoms with van der Waals surface area (Å²) in [4.78, 5) is 65.8. The van der Waals surface area contributed by atoms with Gasteiger partial charge in [-0.1, -0.05) is 26.0 Å². The Morgan fingerprint density at radius 2 is 1.72 bits per heavy atom. The van der Waals surface area contributed by atoms with Gasteiger partial charge in [-0.05, 0) is 73.5 Å².